The van der Waals surface area contributed by atoms with Gasteiger partial charge in [-0.3, -0.25) is 10.1 Å². The van der Waals surface area contributed by atoms with Gasteiger partial charge in [-0.15, -0.1) is 0 Å². The zero-order chi connectivity index (χ0) is 9.40. The van der Waals surface area contributed by atoms with Crippen LogP contribution in [0.3, 0.4) is 0 Å². The second-order valence-electron chi connectivity index (χ2n) is 2.84. The second kappa shape index (κ2) is 6.83. The summed E-state index contributed by atoms with van der Waals surface area (Å²) in [6.45, 7) is 4.06. The number of allylic oxidation sites excluding steroid dienone is 2. The number of nitro groups is 1. The van der Waals surface area contributed by atoms with Crippen molar-refractivity contribution in [3.05, 3.63) is 21.9 Å². The molecule has 0 spiro atoms. The lowest BCUT2D eigenvalue weighted by atomic mass is 10.2. The zero-order valence-corrected chi connectivity index (χ0v) is 7.88. The van der Waals surface area contributed by atoms with Gasteiger partial charge in [0.2, 0.25) is 5.70 Å². The first kappa shape index (κ1) is 11.1. The molecule has 0 aliphatic rings. The van der Waals surface area contributed by atoms with E-state index in [9.17, 15) is 10.1 Å². The van der Waals surface area contributed by atoms with E-state index in [1.165, 1.54) is 0 Å². The van der Waals surface area contributed by atoms with E-state index >= 15 is 0 Å². The Morgan fingerprint density at radius 2 is 2.08 bits per heavy atom. The highest BCUT2D eigenvalue weighted by atomic mass is 16.6. The Morgan fingerprint density at radius 3 is 2.50 bits per heavy atom. The largest absolute Gasteiger partial charge is 0.259 e. The maximum absolute atomic E-state index is 10.4. The summed E-state index contributed by atoms with van der Waals surface area (Å²) >= 11 is 0. The van der Waals surface area contributed by atoms with Gasteiger partial charge >= 0.3 is 0 Å². The van der Waals surface area contributed by atoms with Gasteiger partial charge in [0.1, 0.15) is 0 Å². The van der Waals surface area contributed by atoms with E-state index in [1.807, 2.05) is 13.8 Å². The van der Waals surface area contributed by atoms with E-state index in [0.29, 0.717) is 12.1 Å². The summed E-state index contributed by atoms with van der Waals surface area (Å²) in [7, 11) is 0. The van der Waals surface area contributed by atoms with Gasteiger partial charge < -0.3 is 0 Å². The van der Waals surface area contributed by atoms with Crippen LogP contribution in [0.15, 0.2) is 11.8 Å². The van der Waals surface area contributed by atoms with Gasteiger partial charge in [-0.1, -0.05) is 26.7 Å². The van der Waals surface area contributed by atoms with E-state index in [0.717, 1.165) is 25.7 Å². The minimum atomic E-state index is -0.259. The van der Waals surface area contributed by atoms with Crippen molar-refractivity contribution >= 4 is 0 Å². The van der Waals surface area contributed by atoms with Crippen molar-refractivity contribution in [2.75, 3.05) is 0 Å². The molecule has 0 amide bonds. The molecular weight excluding hydrogens is 154 g/mol. The van der Waals surface area contributed by atoms with Gasteiger partial charge in [0.25, 0.3) is 0 Å². The van der Waals surface area contributed by atoms with Gasteiger partial charge in [-0.25, -0.2) is 0 Å². The average Bonchev–Trinajstić information content (AvgIpc) is 2.04. The van der Waals surface area contributed by atoms with Crippen LogP contribution in [0.5, 0.6) is 0 Å². The summed E-state index contributed by atoms with van der Waals surface area (Å²) < 4.78 is 0. The van der Waals surface area contributed by atoms with E-state index < -0.39 is 0 Å². The molecular formula is C9H17NO2. The summed E-state index contributed by atoms with van der Waals surface area (Å²) in [5, 5.41) is 10.4. The van der Waals surface area contributed by atoms with Crippen molar-refractivity contribution in [1.82, 2.24) is 0 Å². The molecule has 0 aliphatic carbocycles. The number of nitrogens with zero attached hydrogens (tertiary/aromatic N) is 1. The van der Waals surface area contributed by atoms with E-state index in [1.54, 1.807) is 6.08 Å². The number of hydrogen-bond acceptors (Lipinski definition) is 2. The fourth-order valence-electron chi connectivity index (χ4n) is 0.937. The summed E-state index contributed by atoms with van der Waals surface area (Å²) in [6.07, 6.45) is 6.08. The van der Waals surface area contributed by atoms with Crippen molar-refractivity contribution in [3.63, 3.8) is 0 Å². The van der Waals surface area contributed by atoms with Crippen molar-refractivity contribution in [2.24, 2.45) is 0 Å². The topological polar surface area (TPSA) is 43.1 Å². The molecule has 0 aromatic heterocycles. The molecule has 0 aromatic rings. The molecule has 0 fully saturated rings. The Balaban J connectivity index is 3.94. The van der Waals surface area contributed by atoms with E-state index in [4.69, 9.17) is 0 Å². The first-order valence-corrected chi connectivity index (χ1v) is 4.55. The molecule has 3 nitrogen and oxygen atoms in total. The summed E-state index contributed by atoms with van der Waals surface area (Å²) in [5.41, 5.74) is 0.388. The fraction of sp³-hybridized carbons (Fsp3) is 0.778. The molecule has 0 heterocycles. The zero-order valence-electron chi connectivity index (χ0n) is 7.88. The van der Waals surface area contributed by atoms with Crippen molar-refractivity contribution in [1.29, 1.82) is 0 Å². The van der Waals surface area contributed by atoms with Crippen LogP contribution in [-0.2, 0) is 0 Å². The van der Waals surface area contributed by atoms with E-state index in [2.05, 4.69) is 0 Å². The quantitative estimate of drug-likeness (QED) is 0.455. The normalized spacial score (nSPS) is 11.7. The third-order valence-electron chi connectivity index (χ3n) is 1.69. The van der Waals surface area contributed by atoms with Crippen molar-refractivity contribution in [3.8, 4) is 0 Å². The highest BCUT2D eigenvalue weighted by Gasteiger charge is 2.07. The van der Waals surface area contributed by atoms with Gasteiger partial charge in [0.15, 0.2) is 0 Å². The van der Waals surface area contributed by atoms with Crippen LogP contribution in [0.1, 0.15) is 46.0 Å². The van der Waals surface area contributed by atoms with Crippen LogP contribution >= 0.6 is 0 Å². The van der Waals surface area contributed by atoms with Crippen LogP contribution in [0.25, 0.3) is 0 Å². The molecule has 0 saturated carbocycles. The monoisotopic (exact) mass is 171 g/mol. The van der Waals surface area contributed by atoms with Gasteiger partial charge in [-0.2, -0.15) is 0 Å². The lowest BCUT2D eigenvalue weighted by Gasteiger charge is -1.96. The molecule has 0 bridgehead atoms. The Kier molecular flexibility index (Phi) is 6.34. The van der Waals surface area contributed by atoms with Crippen molar-refractivity contribution < 1.29 is 4.92 Å². The Hall–Kier alpha value is -0.860. The Labute approximate surface area is 73.6 Å². The summed E-state index contributed by atoms with van der Waals surface area (Å²) in [5.74, 6) is 0. The maximum Gasteiger partial charge on any atom is 0.242 e. The molecule has 0 aliphatic heterocycles. The predicted molar refractivity (Wildman–Crippen MR) is 49.5 cm³/mol. The number of rotatable bonds is 6. The van der Waals surface area contributed by atoms with Crippen molar-refractivity contribution in [2.45, 2.75) is 46.0 Å². The highest BCUT2D eigenvalue weighted by Crippen LogP contribution is 2.09. The first-order chi connectivity index (χ1) is 5.72. The predicted octanol–water partition coefficient (Wildman–Crippen LogP) is 3.14. The number of unbranched alkanes of at least 4 members (excludes halogenated alkanes) is 2. The smallest absolute Gasteiger partial charge is 0.242 e. The van der Waals surface area contributed by atoms with Crippen LogP contribution in [0.2, 0.25) is 0 Å². The SMILES string of the molecule is CCC/C=C(\CCCC)[N+](=O)[O-]. The molecule has 12 heavy (non-hydrogen) atoms. The van der Waals surface area contributed by atoms with Crippen LogP contribution in [0.4, 0.5) is 0 Å². The first-order valence-electron chi connectivity index (χ1n) is 4.55. The summed E-state index contributed by atoms with van der Waals surface area (Å²) in [4.78, 5) is 10.2. The fourth-order valence-corrected chi connectivity index (χ4v) is 0.937. The molecule has 0 saturated heterocycles. The number of hydrogen-bond donors (Lipinski definition) is 0. The van der Waals surface area contributed by atoms with Gasteiger partial charge in [-0.05, 0) is 18.9 Å². The van der Waals surface area contributed by atoms with Crippen LogP contribution < -0.4 is 0 Å². The molecule has 0 radical (unpaired) electrons. The molecule has 0 N–H and O–H groups in total. The lowest BCUT2D eigenvalue weighted by Crippen LogP contribution is -1.98. The molecule has 70 valence electrons. The van der Waals surface area contributed by atoms with Crippen LogP contribution in [-0.4, -0.2) is 4.92 Å². The minimum absolute atomic E-state index is 0.259. The average molecular weight is 171 g/mol. The molecule has 0 aromatic carbocycles. The summed E-state index contributed by atoms with van der Waals surface area (Å²) in [6, 6.07) is 0. The minimum Gasteiger partial charge on any atom is -0.259 e. The van der Waals surface area contributed by atoms with Crippen LogP contribution in [0, 0.1) is 10.1 Å². The lowest BCUT2D eigenvalue weighted by molar-refractivity contribution is -0.428. The maximum atomic E-state index is 10.4. The highest BCUT2D eigenvalue weighted by molar-refractivity contribution is 4.91. The Morgan fingerprint density at radius 1 is 1.42 bits per heavy atom. The third-order valence-corrected chi connectivity index (χ3v) is 1.69. The molecule has 0 atom stereocenters. The third kappa shape index (κ3) is 4.88. The molecule has 0 unspecified atom stereocenters. The molecule has 0 rings (SSSR count). The standard InChI is InChI=1S/C9H17NO2/c1-3-5-7-9(10(11)12)8-6-4-2/h7H,3-6,8H2,1-2H3/b9-7+. The van der Waals surface area contributed by atoms with Gasteiger partial charge in [0.05, 0.1) is 4.92 Å². The Bertz CT molecular complexity index is 164. The molecule has 3 heteroatoms. The van der Waals surface area contributed by atoms with Gasteiger partial charge in [0, 0.05) is 6.42 Å². The second-order valence-corrected chi connectivity index (χ2v) is 2.84. The van der Waals surface area contributed by atoms with E-state index in [-0.39, 0.29) is 4.92 Å².